The van der Waals surface area contributed by atoms with Crippen LogP contribution in [0.4, 0.5) is 5.69 Å². The average Bonchev–Trinajstić information content (AvgIpc) is 2.35. The third-order valence-electron chi connectivity index (χ3n) is 3.38. The van der Waals surface area contributed by atoms with Gasteiger partial charge >= 0.3 is 0 Å². The van der Waals surface area contributed by atoms with E-state index in [0.29, 0.717) is 0 Å². The first-order chi connectivity index (χ1) is 9.39. The molecule has 2 N–H and O–H groups in total. The molecule has 0 aliphatic heterocycles. The molecule has 0 aliphatic rings. The van der Waals surface area contributed by atoms with E-state index in [1.165, 1.54) is 0 Å². The minimum atomic E-state index is -0.155. The van der Waals surface area contributed by atoms with E-state index >= 15 is 0 Å². The highest BCUT2D eigenvalue weighted by Crippen LogP contribution is 2.17. The molecule has 1 aromatic carbocycles. The lowest BCUT2D eigenvalue weighted by molar-refractivity contribution is 0.0908. The number of benzene rings is 1. The van der Waals surface area contributed by atoms with Crippen molar-refractivity contribution >= 4 is 11.6 Å². The number of amides is 1. The van der Waals surface area contributed by atoms with Gasteiger partial charge in [-0.25, -0.2) is 0 Å². The van der Waals surface area contributed by atoms with Crippen LogP contribution in [-0.2, 0) is 0 Å². The van der Waals surface area contributed by atoms with Gasteiger partial charge in [-0.05, 0) is 57.4 Å². The topological polar surface area (TPSA) is 41.1 Å². The van der Waals surface area contributed by atoms with E-state index in [4.69, 9.17) is 0 Å². The van der Waals surface area contributed by atoms with Crippen LogP contribution in [0.3, 0.4) is 0 Å². The first-order valence-corrected chi connectivity index (χ1v) is 7.56. The second-order valence-electron chi connectivity index (χ2n) is 6.04. The van der Waals surface area contributed by atoms with Crippen LogP contribution in [0.25, 0.3) is 0 Å². The Labute approximate surface area is 123 Å². The lowest BCUT2D eigenvalue weighted by Gasteiger charge is -2.26. The zero-order chi connectivity index (χ0) is 15.2. The summed E-state index contributed by atoms with van der Waals surface area (Å²) in [6.07, 6.45) is 3.13. The fourth-order valence-corrected chi connectivity index (χ4v) is 2.36. The second kappa shape index (κ2) is 7.32. The fraction of sp³-hybridized carbons (Fsp3) is 0.588. The minimum absolute atomic E-state index is 0.0167. The summed E-state index contributed by atoms with van der Waals surface area (Å²) in [5.41, 5.74) is 2.69. The van der Waals surface area contributed by atoms with Crippen molar-refractivity contribution in [1.29, 1.82) is 0 Å². The van der Waals surface area contributed by atoms with Gasteiger partial charge in [0.15, 0.2) is 0 Å². The minimum Gasteiger partial charge on any atom is -0.385 e. The van der Waals surface area contributed by atoms with Crippen molar-refractivity contribution in [3.8, 4) is 0 Å². The van der Waals surface area contributed by atoms with Crippen molar-refractivity contribution in [1.82, 2.24) is 5.32 Å². The average molecular weight is 276 g/mol. The summed E-state index contributed by atoms with van der Waals surface area (Å²) in [5, 5.41) is 6.46. The van der Waals surface area contributed by atoms with Gasteiger partial charge in [0.25, 0.3) is 5.91 Å². The Balaban J connectivity index is 2.78. The van der Waals surface area contributed by atoms with Gasteiger partial charge in [-0.3, -0.25) is 4.79 Å². The van der Waals surface area contributed by atoms with Gasteiger partial charge in [0.05, 0.1) is 0 Å². The molecule has 0 radical (unpaired) electrons. The molecule has 0 saturated carbocycles. The second-order valence-corrected chi connectivity index (χ2v) is 6.04. The normalized spacial score (nSPS) is 11.2. The fourth-order valence-electron chi connectivity index (χ4n) is 2.36. The first kappa shape index (κ1) is 16.5. The van der Waals surface area contributed by atoms with Crippen molar-refractivity contribution in [2.24, 2.45) is 0 Å². The molecule has 0 unspecified atom stereocenters. The number of anilines is 1. The van der Waals surface area contributed by atoms with Crippen molar-refractivity contribution < 1.29 is 4.79 Å². The summed E-state index contributed by atoms with van der Waals surface area (Å²) in [6.45, 7) is 11.3. The molecule has 20 heavy (non-hydrogen) atoms. The van der Waals surface area contributed by atoms with E-state index in [9.17, 15) is 4.79 Å². The largest absolute Gasteiger partial charge is 0.385 e. The molecule has 0 fully saturated rings. The van der Waals surface area contributed by atoms with Crippen LogP contribution in [0.2, 0.25) is 0 Å². The SMILES string of the molecule is CCCNc1ccc(C(=O)NC(C)(C)CCC)c(C)c1. The number of carbonyl (C=O) groups is 1. The first-order valence-electron chi connectivity index (χ1n) is 7.56. The molecule has 1 rings (SSSR count). The predicted molar refractivity (Wildman–Crippen MR) is 86.4 cm³/mol. The highest BCUT2D eigenvalue weighted by Gasteiger charge is 2.20. The van der Waals surface area contributed by atoms with Crippen LogP contribution in [0.15, 0.2) is 18.2 Å². The van der Waals surface area contributed by atoms with Gasteiger partial charge < -0.3 is 10.6 Å². The maximum atomic E-state index is 12.3. The number of hydrogen-bond donors (Lipinski definition) is 2. The van der Waals surface area contributed by atoms with Gasteiger partial charge in [-0.1, -0.05) is 20.3 Å². The summed E-state index contributed by atoms with van der Waals surface area (Å²) < 4.78 is 0. The van der Waals surface area contributed by atoms with Crippen molar-refractivity contribution in [2.45, 2.75) is 59.4 Å². The highest BCUT2D eigenvalue weighted by molar-refractivity contribution is 5.96. The molecule has 3 nitrogen and oxygen atoms in total. The van der Waals surface area contributed by atoms with Crippen LogP contribution in [0.5, 0.6) is 0 Å². The molecule has 0 aliphatic carbocycles. The van der Waals surface area contributed by atoms with E-state index in [-0.39, 0.29) is 11.4 Å². The standard InChI is InChI=1S/C17H28N2O/c1-6-10-17(4,5)19-16(20)15-9-8-14(12-13(15)3)18-11-7-2/h8-9,12,18H,6-7,10-11H2,1-5H3,(H,19,20). The van der Waals surface area contributed by atoms with Crippen LogP contribution < -0.4 is 10.6 Å². The maximum absolute atomic E-state index is 12.3. The smallest absolute Gasteiger partial charge is 0.251 e. The van der Waals surface area contributed by atoms with Gasteiger partial charge in [-0.15, -0.1) is 0 Å². The molecular formula is C17H28N2O. The zero-order valence-corrected chi connectivity index (χ0v) is 13.5. The van der Waals surface area contributed by atoms with Gasteiger partial charge in [0.2, 0.25) is 0 Å². The molecule has 1 amide bonds. The molecule has 0 heterocycles. The van der Waals surface area contributed by atoms with E-state index in [1.54, 1.807) is 0 Å². The molecule has 1 aromatic rings. The molecule has 0 aromatic heterocycles. The number of hydrogen-bond acceptors (Lipinski definition) is 2. The highest BCUT2D eigenvalue weighted by atomic mass is 16.1. The molecule has 112 valence electrons. The Morgan fingerprint density at radius 1 is 1.20 bits per heavy atom. The summed E-state index contributed by atoms with van der Waals surface area (Å²) >= 11 is 0. The summed E-state index contributed by atoms with van der Waals surface area (Å²) in [4.78, 5) is 12.3. The molecule has 0 spiro atoms. The Morgan fingerprint density at radius 3 is 2.45 bits per heavy atom. The Morgan fingerprint density at radius 2 is 1.90 bits per heavy atom. The Bertz CT molecular complexity index is 452. The van der Waals surface area contributed by atoms with Crippen molar-refractivity contribution in [3.05, 3.63) is 29.3 Å². The van der Waals surface area contributed by atoms with Crippen LogP contribution >= 0.6 is 0 Å². The van der Waals surface area contributed by atoms with Gasteiger partial charge in [-0.2, -0.15) is 0 Å². The van der Waals surface area contributed by atoms with Gasteiger partial charge in [0.1, 0.15) is 0 Å². The molecule has 0 atom stereocenters. The van der Waals surface area contributed by atoms with E-state index in [2.05, 4.69) is 38.3 Å². The Kier molecular flexibility index (Phi) is 6.05. The monoisotopic (exact) mass is 276 g/mol. The quantitative estimate of drug-likeness (QED) is 0.786. The predicted octanol–water partition coefficient (Wildman–Crippen LogP) is 4.13. The third kappa shape index (κ3) is 4.87. The zero-order valence-electron chi connectivity index (χ0n) is 13.5. The van der Waals surface area contributed by atoms with Crippen LogP contribution in [0, 0.1) is 6.92 Å². The summed E-state index contributed by atoms with van der Waals surface area (Å²) in [5.74, 6) is 0.0167. The third-order valence-corrected chi connectivity index (χ3v) is 3.38. The molecule has 0 saturated heterocycles. The summed E-state index contributed by atoms with van der Waals surface area (Å²) in [6, 6.07) is 5.92. The molecule has 0 bridgehead atoms. The Hall–Kier alpha value is -1.51. The van der Waals surface area contributed by atoms with Crippen molar-refractivity contribution in [2.75, 3.05) is 11.9 Å². The van der Waals surface area contributed by atoms with E-state index in [0.717, 1.165) is 42.6 Å². The summed E-state index contributed by atoms with van der Waals surface area (Å²) in [7, 11) is 0. The number of nitrogens with one attached hydrogen (secondary N) is 2. The lowest BCUT2D eigenvalue weighted by atomic mass is 9.97. The van der Waals surface area contributed by atoms with E-state index in [1.807, 2.05) is 25.1 Å². The molecule has 3 heteroatoms. The number of carbonyl (C=O) groups excluding carboxylic acids is 1. The van der Waals surface area contributed by atoms with E-state index < -0.39 is 0 Å². The number of aryl methyl sites for hydroxylation is 1. The molecular weight excluding hydrogens is 248 g/mol. The number of rotatable bonds is 7. The lowest BCUT2D eigenvalue weighted by Crippen LogP contribution is -2.43. The van der Waals surface area contributed by atoms with Crippen molar-refractivity contribution in [3.63, 3.8) is 0 Å². The maximum Gasteiger partial charge on any atom is 0.251 e. The van der Waals surface area contributed by atoms with Crippen LogP contribution in [0.1, 0.15) is 62.9 Å². The van der Waals surface area contributed by atoms with Gasteiger partial charge in [0, 0.05) is 23.3 Å². The van der Waals surface area contributed by atoms with Crippen LogP contribution in [-0.4, -0.2) is 18.0 Å².